The second-order valence-electron chi connectivity index (χ2n) is 6.76. The molecule has 128 valence electrons. The number of hydrogen-bond acceptors (Lipinski definition) is 5. The fraction of sp³-hybridized carbons (Fsp3) is 0.556. The molecule has 1 saturated carbocycles. The van der Waals surface area contributed by atoms with Crippen LogP contribution in [-0.2, 0) is 17.8 Å². The van der Waals surface area contributed by atoms with Crippen molar-refractivity contribution in [3.05, 3.63) is 47.4 Å². The van der Waals surface area contributed by atoms with E-state index >= 15 is 0 Å². The Morgan fingerprint density at radius 1 is 1.21 bits per heavy atom. The van der Waals surface area contributed by atoms with E-state index in [-0.39, 0.29) is 11.9 Å². The number of benzene rings is 1. The van der Waals surface area contributed by atoms with Crippen LogP contribution in [0.3, 0.4) is 0 Å². The highest BCUT2D eigenvalue weighted by molar-refractivity contribution is 5.16. The highest BCUT2D eigenvalue weighted by Gasteiger charge is 2.29. The standard InChI is InChI=1S/C18H22FN3O2/c19-15-4-1-3-13(9-15)10-22(11-16-5-2-8-23-16)12-17-20-18(21-24-17)14-6-7-14/h1,3-4,9,14,16H,2,5-8,10-12H2. The van der Waals surface area contributed by atoms with Gasteiger partial charge in [0.25, 0.3) is 0 Å². The van der Waals surface area contributed by atoms with E-state index in [1.165, 1.54) is 6.07 Å². The maximum Gasteiger partial charge on any atom is 0.240 e. The van der Waals surface area contributed by atoms with Gasteiger partial charge in [-0.3, -0.25) is 4.90 Å². The molecule has 1 aromatic heterocycles. The highest BCUT2D eigenvalue weighted by atomic mass is 19.1. The lowest BCUT2D eigenvalue weighted by Crippen LogP contribution is -2.31. The quantitative estimate of drug-likeness (QED) is 0.779. The first-order valence-corrected chi connectivity index (χ1v) is 8.67. The molecule has 1 aliphatic carbocycles. The van der Waals surface area contributed by atoms with E-state index in [1.54, 1.807) is 12.1 Å². The van der Waals surface area contributed by atoms with Gasteiger partial charge < -0.3 is 9.26 Å². The lowest BCUT2D eigenvalue weighted by molar-refractivity contribution is 0.0640. The van der Waals surface area contributed by atoms with Crippen LogP contribution in [0, 0.1) is 5.82 Å². The van der Waals surface area contributed by atoms with Crippen LogP contribution in [0.4, 0.5) is 4.39 Å². The molecule has 1 aromatic carbocycles. The van der Waals surface area contributed by atoms with E-state index in [2.05, 4.69) is 15.0 Å². The van der Waals surface area contributed by atoms with Crippen molar-refractivity contribution in [3.63, 3.8) is 0 Å². The van der Waals surface area contributed by atoms with Gasteiger partial charge in [-0.2, -0.15) is 4.98 Å². The molecule has 2 aromatic rings. The summed E-state index contributed by atoms with van der Waals surface area (Å²) in [6.45, 7) is 2.82. The zero-order valence-corrected chi connectivity index (χ0v) is 13.7. The fourth-order valence-electron chi connectivity index (χ4n) is 3.19. The van der Waals surface area contributed by atoms with E-state index in [9.17, 15) is 4.39 Å². The summed E-state index contributed by atoms with van der Waals surface area (Å²) >= 11 is 0. The van der Waals surface area contributed by atoms with Crippen molar-refractivity contribution in [3.8, 4) is 0 Å². The van der Waals surface area contributed by atoms with Crippen LogP contribution in [0.25, 0.3) is 0 Å². The van der Waals surface area contributed by atoms with E-state index in [4.69, 9.17) is 9.26 Å². The van der Waals surface area contributed by atoms with Crippen LogP contribution in [0.2, 0.25) is 0 Å². The van der Waals surface area contributed by atoms with Gasteiger partial charge in [0.2, 0.25) is 5.89 Å². The molecule has 2 aliphatic rings. The number of rotatable bonds is 7. The molecule has 0 N–H and O–H groups in total. The molecule has 0 spiro atoms. The van der Waals surface area contributed by atoms with Crippen LogP contribution in [-0.4, -0.2) is 34.3 Å². The van der Waals surface area contributed by atoms with E-state index in [0.717, 1.165) is 50.2 Å². The fourth-order valence-corrected chi connectivity index (χ4v) is 3.19. The Bertz CT molecular complexity index is 680. The Morgan fingerprint density at radius 2 is 2.12 bits per heavy atom. The molecular formula is C18H22FN3O2. The van der Waals surface area contributed by atoms with Crippen LogP contribution in [0.1, 0.15) is 48.9 Å². The first-order valence-electron chi connectivity index (χ1n) is 8.67. The summed E-state index contributed by atoms with van der Waals surface area (Å²) in [4.78, 5) is 6.71. The van der Waals surface area contributed by atoms with E-state index < -0.39 is 0 Å². The number of aromatic nitrogens is 2. The van der Waals surface area contributed by atoms with Gasteiger partial charge in [-0.05, 0) is 43.4 Å². The minimum atomic E-state index is -0.210. The number of hydrogen-bond donors (Lipinski definition) is 0. The topological polar surface area (TPSA) is 51.4 Å². The summed E-state index contributed by atoms with van der Waals surface area (Å²) in [6, 6.07) is 6.72. The van der Waals surface area contributed by atoms with Crippen LogP contribution < -0.4 is 0 Å². The predicted molar refractivity (Wildman–Crippen MR) is 85.8 cm³/mol. The van der Waals surface area contributed by atoms with Crippen LogP contribution >= 0.6 is 0 Å². The first kappa shape index (κ1) is 15.7. The molecule has 0 radical (unpaired) electrons. The van der Waals surface area contributed by atoms with Gasteiger partial charge in [-0.25, -0.2) is 4.39 Å². The van der Waals surface area contributed by atoms with Gasteiger partial charge >= 0.3 is 0 Å². The molecule has 2 fully saturated rings. The lowest BCUT2D eigenvalue weighted by atomic mass is 10.1. The highest BCUT2D eigenvalue weighted by Crippen LogP contribution is 2.38. The Labute approximate surface area is 140 Å². The summed E-state index contributed by atoms with van der Waals surface area (Å²) in [7, 11) is 0. The SMILES string of the molecule is Fc1cccc(CN(Cc2nc(C3CC3)no2)CC2CCCO2)c1. The average Bonchev–Trinajstić information content (AvgIpc) is 3.09. The molecule has 24 heavy (non-hydrogen) atoms. The summed E-state index contributed by atoms with van der Waals surface area (Å²) < 4.78 is 24.6. The zero-order chi connectivity index (χ0) is 16.4. The van der Waals surface area contributed by atoms with Gasteiger partial charge in [-0.1, -0.05) is 17.3 Å². The number of ether oxygens (including phenoxy) is 1. The van der Waals surface area contributed by atoms with Crippen LogP contribution in [0.5, 0.6) is 0 Å². The minimum Gasteiger partial charge on any atom is -0.377 e. The maximum absolute atomic E-state index is 13.5. The lowest BCUT2D eigenvalue weighted by Gasteiger charge is -2.23. The predicted octanol–water partition coefficient (Wildman–Crippen LogP) is 3.27. The third-order valence-corrected chi connectivity index (χ3v) is 4.57. The van der Waals surface area contributed by atoms with E-state index in [0.29, 0.717) is 24.9 Å². The molecule has 0 amide bonds. The zero-order valence-electron chi connectivity index (χ0n) is 13.7. The molecule has 2 heterocycles. The van der Waals surface area contributed by atoms with Crippen molar-refractivity contribution >= 4 is 0 Å². The average molecular weight is 331 g/mol. The molecule has 0 bridgehead atoms. The Kier molecular flexibility index (Phi) is 4.58. The Morgan fingerprint density at radius 3 is 2.88 bits per heavy atom. The number of halogens is 1. The third kappa shape index (κ3) is 3.99. The third-order valence-electron chi connectivity index (χ3n) is 4.57. The van der Waals surface area contributed by atoms with Crippen molar-refractivity contribution in [1.82, 2.24) is 15.0 Å². The van der Waals surface area contributed by atoms with Crippen molar-refractivity contribution in [1.29, 1.82) is 0 Å². The van der Waals surface area contributed by atoms with E-state index in [1.807, 2.05) is 6.07 Å². The minimum absolute atomic E-state index is 0.210. The van der Waals surface area contributed by atoms with Crippen LogP contribution in [0.15, 0.2) is 28.8 Å². The van der Waals surface area contributed by atoms with Crippen molar-refractivity contribution in [2.24, 2.45) is 0 Å². The van der Waals surface area contributed by atoms with Gasteiger partial charge in [0.1, 0.15) is 5.82 Å². The molecule has 1 saturated heterocycles. The smallest absolute Gasteiger partial charge is 0.240 e. The molecule has 1 aliphatic heterocycles. The van der Waals surface area contributed by atoms with Gasteiger partial charge in [0.05, 0.1) is 12.6 Å². The molecule has 4 rings (SSSR count). The summed E-state index contributed by atoms with van der Waals surface area (Å²) in [5.41, 5.74) is 0.940. The maximum atomic E-state index is 13.5. The second-order valence-corrected chi connectivity index (χ2v) is 6.76. The van der Waals surface area contributed by atoms with Crippen molar-refractivity contribution in [2.45, 2.75) is 50.8 Å². The molecule has 5 nitrogen and oxygen atoms in total. The Hall–Kier alpha value is -1.79. The van der Waals surface area contributed by atoms with Gasteiger partial charge in [0.15, 0.2) is 5.82 Å². The molecule has 1 unspecified atom stereocenters. The van der Waals surface area contributed by atoms with Crippen molar-refractivity contribution < 1.29 is 13.7 Å². The largest absolute Gasteiger partial charge is 0.377 e. The Balaban J connectivity index is 1.45. The summed E-state index contributed by atoms with van der Waals surface area (Å²) in [5.74, 6) is 1.73. The van der Waals surface area contributed by atoms with Gasteiger partial charge in [-0.15, -0.1) is 0 Å². The number of nitrogens with zero attached hydrogens (tertiary/aromatic N) is 3. The second kappa shape index (κ2) is 6.99. The molecular weight excluding hydrogens is 309 g/mol. The normalized spacial score (nSPS) is 20.8. The molecule has 1 atom stereocenters. The van der Waals surface area contributed by atoms with Gasteiger partial charge in [0, 0.05) is 25.6 Å². The summed E-state index contributed by atoms with van der Waals surface area (Å²) in [6.07, 6.45) is 4.70. The van der Waals surface area contributed by atoms with Crippen molar-refractivity contribution in [2.75, 3.05) is 13.2 Å². The summed E-state index contributed by atoms with van der Waals surface area (Å²) in [5, 5.41) is 4.08. The monoisotopic (exact) mass is 331 g/mol. The first-order chi connectivity index (χ1) is 11.8. The molecule has 6 heteroatoms.